The molecule has 4 rings (SSSR count). The van der Waals surface area contributed by atoms with Crippen LogP contribution in [0, 0.1) is 0 Å². The van der Waals surface area contributed by atoms with Gasteiger partial charge in [0.25, 0.3) is 5.91 Å². The van der Waals surface area contributed by atoms with E-state index in [1.54, 1.807) is 17.6 Å². The molecule has 0 fully saturated rings. The predicted octanol–water partition coefficient (Wildman–Crippen LogP) is 4.21. The maximum absolute atomic E-state index is 12.1. The normalized spacial score (nSPS) is 12.5. The minimum absolute atomic E-state index is 0.410. The summed E-state index contributed by atoms with van der Waals surface area (Å²) in [4.78, 5) is 14.2. The van der Waals surface area contributed by atoms with Crippen molar-refractivity contribution in [2.24, 2.45) is 0 Å². The van der Waals surface area contributed by atoms with Crippen LogP contribution >= 0.6 is 0 Å². The third kappa shape index (κ3) is 2.68. The Bertz CT molecular complexity index is 984. The van der Waals surface area contributed by atoms with Crippen LogP contribution in [0.3, 0.4) is 0 Å². The molecule has 1 heterocycles. The Morgan fingerprint density at radius 1 is 0.962 bits per heavy atom. The Labute approximate surface area is 151 Å². The van der Waals surface area contributed by atoms with E-state index in [0.29, 0.717) is 12.1 Å². The number of carbonyl (C=O) groups is 1. The standard InChI is InChI=1S/C21H18N2O3/c1-23-13-17-15(14-7-2-3-8-16(14)21(24)22-25)9-6-12-19(17)26-20-11-5-4-10-18(20)23/h2-12,25H,13H2,1H3,(H,22,24). The fourth-order valence-electron chi connectivity index (χ4n) is 3.35. The second-order valence-corrected chi connectivity index (χ2v) is 6.19. The minimum Gasteiger partial charge on any atom is -0.455 e. The van der Waals surface area contributed by atoms with Gasteiger partial charge in [0.05, 0.1) is 5.69 Å². The molecular formula is C21H18N2O3. The molecular weight excluding hydrogens is 328 g/mol. The first-order valence-electron chi connectivity index (χ1n) is 8.33. The van der Waals surface area contributed by atoms with E-state index in [9.17, 15) is 4.79 Å². The Kier molecular flexibility index (Phi) is 4.07. The number of para-hydroxylation sites is 2. The third-order valence-electron chi connectivity index (χ3n) is 4.59. The fraction of sp³-hybridized carbons (Fsp3) is 0.0952. The van der Waals surface area contributed by atoms with Crippen molar-refractivity contribution in [3.63, 3.8) is 0 Å². The maximum Gasteiger partial charge on any atom is 0.275 e. The zero-order chi connectivity index (χ0) is 18.1. The number of ether oxygens (including phenoxy) is 1. The molecule has 130 valence electrons. The average molecular weight is 346 g/mol. The quantitative estimate of drug-likeness (QED) is 0.539. The second-order valence-electron chi connectivity index (χ2n) is 6.19. The van der Waals surface area contributed by atoms with Crippen molar-refractivity contribution in [2.75, 3.05) is 11.9 Å². The summed E-state index contributed by atoms with van der Waals surface area (Å²) in [6, 6.07) is 20.9. The van der Waals surface area contributed by atoms with E-state index in [2.05, 4.69) is 4.90 Å². The van der Waals surface area contributed by atoms with Crippen molar-refractivity contribution in [3.05, 3.63) is 77.9 Å². The molecule has 26 heavy (non-hydrogen) atoms. The van der Waals surface area contributed by atoms with Gasteiger partial charge >= 0.3 is 0 Å². The molecule has 0 spiro atoms. The first kappa shape index (κ1) is 16.2. The fourth-order valence-corrected chi connectivity index (χ4v) is 3.35. The van der Waals surface area contributed by atoms with Gasteiger partial charge in [0.1, 0.15) is 5.75 Å². The third-order valence-corrected chi connectivity index (χ3v) is 4.59. The molecule has 0 aliphatic carbocycles. The van der Waals surface area contributed by atoms with E-state index in [1.807, 2.05) is 61.6 Å². The number of benzene rings is 3. The summed E-state index contributed by atoms with van der Waals surface area (Å²) < 4.78 is 6.17. The summed E-state index contributed by atoms with van der Waals surface area (Å²) in [5.74, 6) is 1.02. The zero-order valence-corrected chi connectivity index (χ0v) is 14.3. The van der Waals surface area contributed by atoms with Crippen LogP contribution in [0.25, 0.3) is 11.1 Å². The molecule has 1 aliphatic heterocycles. The summed E-state index contributed by atoms with van der Waals surface area (Å²) in [6.45, 7) is 0.637. The van der Waals surface area contributed by atoms with Gasteiger partial charge < -0.3 is 9.64 Å². The van der Waals surface area contributed by atoms with Gasteiger partial charge in [-0.15, -0.1) is 0 Å². The Hall–Kier alpha value is -3.31. The van der Waals surface area contributed by atoms with Crippen molar-refractivity contribution in [1.82, 2.24) is 5.48 Å². The van der Waals surface area contributed by atoms with Gasteiger partial charge in [-0.3, -0.25) is 10.0 Å². The van der Waals surface area contributed by atoms with Gasteiger partial charge in [-0.05, 0) is 35.4 Å². The lowest BCUT2D eigenvalue weighted by atomic mass is 9.94. The molecule has 5 heteroatoms. The van der Waals surface area contributed by atoms with Gasteiger partial charge in [0.15, 0.2) is 5.75 Å². The van der Waals surface area contributed by atoms with E-state index in [4.69, 9.17) is 9.94 Å². The SMILES string of the molecule is CN1Cc2c(cccc2-c2ccccc2C(=O)NO)Oc2ccccc21. The highest BCUT2D eigenvalue weighted by molar-refractivity contribution is 6.00. The number of hydrogen-bond acceptors (Lipinski definition) is 4. The molecule has 1 amide bonds. The number of rotatable bonds is 2. The van der Waals surface area contributed by atoms with Gasteiger partial charge in [-0.2, -0.15) is 0 Å². The van der Waals surface area contributed by atoms with Crippen LogP contribution < -0.4 is 15.1 Å². The van der Waals surface area contributed by atoms with E-state index in [0.717, 1.165) is 33.9 Å². The van der Waals surface area contributed by atoms with Crippen LogP contribution in [-0.4, -0.2) is 18.2 Å². The summed E-state index contributed by atoms with van der Waals surface area (Å²) in [7, 11) is 2.01. The topological polar surface area (TPSA) is 61.8 Å². The second kappa shape index (κ2) is 6.54. The molecule has 1 aliphatic rings. The summed E-state index contributed by atoms with van der Waals surface area (Å²) >= 11 is 0. The largest absolute Gasteiger partial charge is 0.455 e. The van der Waals surface area contributed by atoms with Crippen LogP contribution in [0.4, 0.5) is 5.69 Å². The molecule has 0 saturated heterocycles. The first-order valence-corrected chi connectivity index (χ1v) is 8.33. The maximum atomic E-state index is 12.1. The van der Waals surface area contributed by atoms with Crippen molar-refractivity contribution < 1.29 is 14.7 Å². The van der Waals surface area contributed by atoms with Gasteiger partial charge in [-0.1, -0.05) is 42.5 Å². The van der Waals surface area contributed by atoms with Crippen molar-refractivity contribution in [2.45, 2.75) is 6.54 Å². The zero-order valence-electron chi connectivity index (χ0n) is 14.3. The number of hydroxylamine groups is 1. The Morgan fingerprint density at radius 3 is 2.50 bits per heavy atom. The highest BCUT2D eigenvalue weighted by Crippen LogP contribution is 2.42. The molecule has 5 nitrogen and oxygen atoms in total. The van der Waals surface area contributed by atoms with Gasteiger partial charge in [0.2, 0.25) is 0 Å². The van der Waals surface area contributed by atoms with E-state index >= 15 is 0 Å². The molecule has 0 saturated carbocycles. The molecule has 0 aromatic heterocycles. The monoisotopic (exact) mass is 346 g/mol. The molecule has 3 aromatic carbocycles. The van der Waals surface area contributed by atoms with Crippen LogP contribution in [0.2, 0.25) is 0 Å². The molecule has 0 atom stereocenters. The number of amides is 1. The Morgan fingerprint density at radius 2 is 1.65 bits per heavy atom. The number of nitrogens with zero attached hydrogens (tertiary/aromatic N) is 1. The molecule has 0 bridgehead atoms. The Balaban J connectivity index is 1.89. The highest BCUT2D eigenvalue weighted by atomic mass is 16.5. The van der Waals surface area contributed by atoms with E-state index in [1.165, 1.54) is 0 Å². The van der Waals surface area contributed by atoms with Crippen LogP contribution in [0.15, 0.2) is 66.7 Å². The smallest absolute Gasteiger partial charge is 0.275 e. The van der Waals surface area contributed by atoms with Crippen molar-refractivity contribution in [3.8, 4) is 22.6 Å². The van der Waals surface area contributed by atoms with Crippen LogP contribution in [0.1, 0.15) is 15.9 Å². The molecule has 2 N–H and O–H groups in total. The number of fused-ring (bicyclic) bond motifs is 2. The lowest BCUT2D eigenvalue weighted by Crippen LogP contribution is -2.20. The predicted molar refractivity (Wildman–Crippen MR) is 99.8 cm³/mol. The number of hydrogen-bond donors (Lipinski definition) is 2. The summed E-state index contributed by atoms with van der Waals surface area (Å²) in [5, 5.41) is 9.07. The summed E-state index contributed by atoms with van der Waals surface area (Å²) in [6.07, 6.45) is 0. The number of carbonyl (C=O) groups excluding carboxylic acids is 1. The van der Waals surface area contributed by atoms with Crippen molar-refractivity contribution >= 4 is 11.6 Å². The highest BCUT2D eigenvalue weighted by Gasteiger charge is 2.22. The lowest BCUT2D eigenvalue weighted by molar-refractivity contribution is 0.0707. The van der Waals surface area contributed by atoms with Crippen LogP contribution in [-0.2, 0) is 6.54 Å². The lowest BCUT2D eigenvalue weighted by Gasteiger charge is -2.19. The number of nitrogens with one attached hydrogen (secondary N) is 1. The van der Waals surface area contributed by atoms with Gasteiger partial charge in [-0.25, -0.2) is 5.48 Å². The van der Waals surface area contributed by atoms with E-state index < -0.39 is 5.91 Å². The van der Waals surface area contributed by atoms with E-state index in [-0.39, 0.29) is 0 Å². The van der Waals surface area contributed by atoms with Crippen LogP contribution in [0.5, 0.6) is 11.5 Å². The van der Waals surface area contributed by atoms with Gasteiger partial charge in [0, 0.05) is 24.7 Å². The minimum atomic E-state index is -0.538. The molecule has 3 aromatic rings. The average Bonchev–Trinajstić information content (AvgIpc) is 2.83. The molecule has 0 radical (unpaired) electrons. The molecule has 0 unspecified atom stereocenters. The van der Waals surface area contributed by atoms with Crippen molar-refractivity contribution in [1.29, 1.82) is 0 Å². The summed E-state index contributed by atoms with van der Waals surface area (Å²) in [5.41, 5.74) is 5.79. The number of anilines is 1. The first-order chi connectivity index (χ1) is 12.7.